The number of rotatable bonds is 1. The molecule has 0 aliphatic carbocycles. The van der Waals surface area contributed by atoms with Crippen LogP contribution in [0.4, 0.5) is 10.1 Å². The third-order valence-corrected chi connectivity index (χ3v) is 4.11. The van der Waals surface area contributed by atoms with Crippen LogP contribution in [0.1, 0.15) is 12.0 Å². The number of hydrogen-bond acceptors (Lipinski definition) is 3. The molecule has 7 heteroatoms. The molecule has 0 bridgehead atoms. The topological polar surface area (TPSA) is 54.5 Å². The lowest BCUT2D eigenvalue weighted by Gasteiger charge is -2.26. The molecule has 0 saturated heterocycles. The minimum absolute atomic E-state index is 0.126. The molecule has 0 unspecified atom stereocenters. The average molecular weight is 278 g/mol. The number of carbonyl (C=O) groups is 1. The summed E-state index contributed by atoms with van der Waals surface area (Å²) >= 11 is 0. The number of hydrogen-bond donors (Lipinski definition) is 0. The smallest absolute Gasteiger partial charge is 0.264 e. The van der Waals surface area contributed by atoms with E-state index in [1.165, 1.54) is 18.0 Å². The van der Waals surface area contributed by atoms with Crippen LogP contribution >= 0.6 is 10.7 Å². The molecule has 92 valence electrons. The Labute approximate surface area is 102 Å². The molecule has 1 aliphatic heterocycles. The van der Waals surface area contributed by atoms with Crippen LogP contribution in [0.15, 0.2) is 17.0 Å². The van der Waals surface area contributed by atoms with Gasteiger partial charge < -0.3 is 4.90 Å². The maximum atomic E-state index is 13.9. The van der Waals surface area contributed by atoms with Gasteiger partial charge in [-0.15, -0.1) is 0 Å². The molecule has 2 rings (SSSR count). The summed E-state index contributed by atoms with van der Waals surface area (Å²) in [6.07, 6.45) is 0.344. The molecule has 0 spiro atoms. The zero-order valence-corrected chi connectivity index (χ0v) is 10.5. The molecule has 0 radical (unpaired) electrons. The zero-order valence-electron chi connectivity index (χ0n) is 8.91. The van der Waals surface area contributed by atoms with Gasteiger partial charge in [-0.2, -0.15) is 0 Å². The number of carbonyl (C=O) groups excluding carboxylic acids is 1. The molecule has 0 aromatic heterocycles. The molecule has 1 heterocycles. The molecular formula is C10H9ClFNO3S. The Morgan fingerprint density at radius 3 is 2.59 bits per heavy atom. The quantitative estimate of drug-likeness (QED) is 0.734. The summed E-state index contributed by atoms with van der Waals surface area (Å²) in [5, 5.41) is 0. The number of amides is 1. The number of anilines is 1. The van der Waals surface area contributed by atoms with Gasteiger partial charge in [0, 0.05) is 35.4 Å². The number of halogens is 2. The van der Waals surface area contributed by atoms with Crippen LogP contribution in [0.5, 0.6) is 0 Å². The molecule has 1 aromatic carbocycles. The fourth-order valence-electron chi connectivity index (χ4n) is 1.86. The van der Waals surface area contributed by atoms with E-state index in [9.17, 15) is 17.6 Å². The summed E-state index contributed by atoms with van der Waals surface area (Å²) in [5.74, 6) is -0.991. The first-order valence-corrected chi connectivity index (χ1v) is 7.16. The van der Waals surface area contributed by atoms with E-state index in [4.69, 9.17) is 10.7 Å². The van der Waals surface area contributed by atoms with E-state index in [0.29, 0.717) is 5.69 Å². The van der Waals surface area contributed by atoms with Crippen LogP contribution in [0.3, 0.4) is 0 Å². The van der Waals surface area contributed by atoms with E-state index in [1.807, 2.05) is 0 Å². The highest BCUT2D eigenvalue weighted by atomic mass is 35.7. The second-order valence-corrected chi connectivity index (χ2v) is 6.30. The Hall–Kier alpha value is -1.14. The SMILES string of the molecule is CN1C(=O)CCc2c1ccc(S(=O)(=O)Cl)c2F. The summed E-state index contributed by atoms with van der Waals surface area (Å²) in [6.45, 7) is 0. The van der Waals surface area contributed by atoms with Crippen LogP contribution in [-0.2, 0) is 20.3 Å². The van der Waals surface area contributed by atoms with Crippen molar-refractivity contribution < 1.29 is 17.6 Å². The first kappa shape index (κ1) is 12.3. The van der Waals surface area contributed by atoms with E-state index < -0.39 is 19.8 Å². The lowest BCUT2D eigenvalue weighted by Crippen LogP contribution is -2.31. The van der Waals surface area contributed by atoms with Crippen LogP contribution in [0.25, 0.3) is 0 Å². The van der Waals surface area contributed by atoms with Crippen molar-refractivity contribution in [1.82, 2.24) is 0 Å². The molecule has 1 aliphatic rings. The monoisotopic (exact) mass is 277 g/mol. The van der Waals surface area contributed by atoms with Crippen LogP contribution in [0, 0.1) is 5.82 Å². The second-order valence-electron chi connectivity index (χ2n) is 3.77. The van der Waals surface area contributed by atoms with Gasteiger partial charge in [-0.1, -0.05) is 0 Å². The Kier molecular flexibility index (Phi) is 2.87. The standard InChI is InChI=1S/C10H9ClFNO3S/c1-13-7-3-4-8(17(11,15)16)10(12)6(7)2-5-9(13)14/h3-4H,2,5H2,1H3. The predicted octanol–water partition coefficient (Wildman–Crippen LogP) is 1.66. The molecule has 0 saturated carbocycles. The molecule has 1 aromatic rings. The van der Waals surface area contributed by atoms with E-state index in [2.05, 4.69) is 0 Å². The van der Waals surface area contributed by atoms with Gasteiger partial charge in [0.2, 0.25) is 5.91 Å². The minimum Gasteiger partial charge on any atom is -0.315 e. The molecular weight excluding hydrogens is 269 g/mol. The fourth-order valence-corrected chi connectivity index (χ4v) is 2.79. The third kappa shape index (κ3) is 2.02. The van der Waals surface area contributed by atoms with E-state index in [-0.39, 0.29) is 24.3 Å². The second kappa shape index (κ2) is 3.96. The van der Waals surface area contributed by atoms with Gasteiger partial charge in [0.05, 0.1) is 0 Å². The average Bonchev–Trinajstić information content (AvgIpc) is 2.22. The van der Waals surface area contributed by atoms with Crippen molar-refractivity contribution in [2.75, 3.05) is 11.9 Å². The number of benzene rings is 1. The summed E-state index contributed by atoms with van der Waals surface area (Å²) in [7, 11) is 2.54. The maximum Gasteiger partial charge on any atom is 0.264 e. The summed E-state index contributed by atoms with van der Waals surface area (Å²) < 4.78 is 36.2. The molecule has 0 atom stereocenters. The summed E-state index contributed by atoms with van der Waals surface area (Å²) in [5.41, 5.74) is 0.608. The van der Waals surface area contributed by atoms with E-state index in [0.717, 1.165) is 6.07 Å². The van der Waals surface area contributed by atoms with Crippen molar-refractivity contribution in [2.45, 2.75) is 17.7 Å². The fraction of sp³-hybridized carbons (Fsp3) is 0.300. The first-order valence-electron chi connectivity index (χ1n) is 4.85. The first-order chi connectivity index (χ1) is 7.82. The van der Waals surface area contributed by atoms with Crippen molar-refractivity contribution in [1.29, 1.82) is 0 Å². The zero-order chi connectivity index (χ0) is 12.8. The van der Waals surface area contributed by atoms with E-state index >= 15 is 0 Å². The highest BCUT2D eigenvalue weighted by Gasteiger charge is 2.27. The molecule has 1 amide bonds. The van der Waals surface area contributed by atoms with Gasteiger partial charge in [-0.3, -0.25) is 4.79 Å². The molecule has 0 N–H and O–H groups in total. The lowest BCUT2D eigenvalue weighted by atomic mass is 10.0. The third-order valence-electron chi connectivity index (χ3n) is 2.77. The minimum atomic E-state index is -4.10. The van der Waals surface area contributed by atoms with Gasteiger partial charge >= 0.3 is 0 Å². The van der Waals surface area contributed by atoms with Gasteiger partial charge in [-0.25, -0.2) is 12.8 Å². The maximum absolute atomic E-state index is 13.9. The highest BCUT2D eigenvalue weighted by Crippen LogP contribution is 2.33. The van der Waals surface area contributed by atoms with Crippen molar-refractivity contribution in [2.24, 2.45) is 0 Å². The Morgan fingerprint density at radius 1 is 1.35 bits per heavy atom. The Morgan fingerprint density at radius 2 is 2.00 bits per heavy atom. The lowest BCUT2D eigenvalue weighted by molar-refractivity contribution is -0.118. The molecule has 17 heavy (non-hydrogen) atoms. The van der Waals surface area contributed by atoms with Gasteiger partial charge in [0.1, 0.15) is 10.7 Å². The van der Waals surface area contributed by atoms with Crippen LogP contribution in [0.2, 0.25) is 0 Å². The van der Waals surface area contributed by atoms with E-state index in [1.54, 1.807) is 0 Å². The number of fused-ring (bicyclic) bond motifs is 1. The number of nitrogens with zero attached hydrogens (tertiary/aromatic N) is 1. The van der Waals surface area contributed by atoms with Crippen molar-refractivity contribution in [3.05, 3.63) is 23.5 Å². The van der Waals surface area contributed by atoms with Crippen molar-refractivity contribution in [3.8, 4) is 0 Å². The van der Waals surface area contributed by atoms with Crippen LogP contribution < -0.4 is 4.90 Å². The predicted molar refractivity (Wildman–Crippen MR) is 61.2 cm³/mol. The Bertz CT molecular complexity index is 600. The molecule has 0 fully saturated rings. The van der Waals surface area contributed by atoms with Crippen LogP contribution in [-0.4, -0.2) is 21.4 Å². The van der Waals surface area contributed by atoms with Gasteiger partial charge in [0.15, 0.2) is 0 Å². The largest absolute Gasteiger partial charge is 0.315 e. The normalized spacial score (nSPS) is 15.9. The summed E-state index contributed by atoms with van der Waals surface area (Å²) in [4.78, 5) is 12.2. The highest BCUT2D eigenvalue weighted by molar-refractivity contribution is 8.13. The van der Waals surface area contributed by atoms with Crippen molar-refractivity contribution >= 4 is 31.3 Å². The van der Waals surface area contributed by atoms with Gasteiger partial charge in [0.25, 0.3) is 9.05 Å². The van der Waals surface area contributed by atoms with Crippen molar-refractivity contribution in [3.63, 3.8) is 0 Å². The Balaban J connectivity index is 2.66. The molecule has 4 nitrogen and oxygen atoms in total. The summed E-state index contributed by atoms with van der Waals surface area (Å²) in [6, 6.07) is 2.47. The van der Waals surface area contributed by atoms with Gasteiger partial charge in [-0.05, 0) is 18.6 Å².